The van der Waals surface area contributed by atoms with Gasteiger partial charge in [0.1, 0.15) is 0 Å². The topological polar surface area (TPSA) is 70.2 Å². The van der Waals surface area contributed by atoms with Crippen molar-refractivity contribution in [3.05, 3.63) is 51.1 Å². The molecule has 0 aromatic heterocycles. The minimum absolute atomic E-state index is 0.334. The van der Waals surface area contributed by atoms with Crippen LogP contribution >= 0.6 is 34.2 Å². The molecule has 8 heteroatoms. The zero-order valence-corrected chi connectivity index (χ0v) is 15.5. The molecule has 2 rings (SSSR count). The van der Waals surface area contributed by atoms with Crippen LogP contribution in [0.1, 0.15) is 6.92 Å². The van der Waals surface area contributed by atoms with Gasteiger partial charge in [0.05, 0.1) is 10.7 Å². The molecular weight excluding hydrogens is 437 g/mol. The zero-order chi connectivity index (χ0) is 16.2. The number of anilines is 3. The molecule has 22 heavy (non-hydrogen) atoms. The Morgan fingerprint density at radius 2 is 1.73 bits per heavy atom. The first kappa shape index (κ1) is 17.3. The molecule has 3 N–H and O–H groups in total. The quantitative estimate of drug-likeness (QED) is 0.582. The van der Waals surface area contributed by atoms with Gasteiger partial charge < -0.3 is 5.32 Å². The van der Waals surface area contributed by atoms with Crippen molar-refractivity contribution < 1.29 is 8.42 Å². The summed E-state index contributed by atoms with van der Waals surface area (Å²) in [5.74, 6) is 0. The largest absolute Gasteiger partial charge is 0.354 e. The van der Waals surface area contributed by atoms with Gasteiger partial charge in [0.25, 0.3) is 10.2 Å². The summed E-state index contributed by atoms with van der Waals surface area (Å²) in [5, 5.41) is 3.82. The first-order valence-electron chi connectivity index (χ1n) is 6.49. The molecule has 5 nitrogen and oxygen atoms in total. The van der Waals surface area contributed by atoms with Crippen molar-refractivity contribution in [1.29, 1.82) is 0 Å². The molecule has 0 atom stereocenters. The van der Waals surface area contributed by atoms with Crippen LogP contribution in [0.15, 0.2) is 42.5 Å². The summed E-state index contributed by atoms with van der Waals surface area (Å²) in [5.41, 5.74) is 2.10. The second kappa shape index (κ2) is 7.49. The van der Waals surface area contributed by atoms with E-state index in [4.69, 9.17) is 11.6 Å². The molecule has 2 aromatic rings. The number of benzene rings is 2. The summed E-state index contributed by atoms with van der Waals surface area (Å²) in [6.07, 6.45) is 0. The average Bonchev–Trinajstić information content (AvgIpc) is 2.43. The van der Waals surface area contributed by atoms with E-state index in [9.17, 15) is 8.42 Å². The minimum atomic E-state index is -3.51. The molecule has 0 saturated carbocycles. The van der Waals surface area contributed by atoms with Crippen LogP contribution in [-0.2, 0) is 10.2 Å². The summed E-state index contributed by atoms with van der Waals surface area (Å²) >= 11 is 8.36. The van der Waals surface area contributed by atoms with Crippen molar-refractivity contribution in [2.75, 3.05) is 16.6 Å². The molecule has 0 aliphatic rings. The Hall–Kier alpha value is -1.03. The van der Waals surface area contributed by atoms with Gasteiger partial charge >= 0.3 is 0 Å². The summed E-state index contributed by atoms with van der Waals surface area (Å²) < 4.78 is 29.0. The van der Waals surface area contributed by atoms with E-state index in [1.807, 2.05) is 18.2 Å². The van der Waals surface area contributed by atoms with Crippen LogP contribution in [0.4, 0.5) is 17.1 Å². The van der Waals surface area contributed by atoms with E-state index in [-0.39, 0.29) is 0 Å². The van der Waals surface area contributed by atoms with Gasteiger partial charge in [0.15, 0.2) is 0 Å². The van der Waals surface area contributed by atoms with Crippen molar-refractivity contribution in [1.82, 2.24) is 4.72 Å². The Balaban J connectivity index is 2.09. The highest BCUT2D eigenvalue weighted by Gasteiger charge is 2.07. The maximum atomic E-state index is 11.6. The molecule has 0 aliphatic heterocycles. The highest BCUT2D eigenvalue weighted by Crippen LogP contribution is 2.27. The van der Waals surface area contributed by atoms with E-state index >= 15 is 0 Å². The molecule has 118 valence electrons. The van der Waals surface area contributed by atoms with Crippen LogP contribution in [0.5, 0.6) is 0 Å². The average molecular weight is 452 g/mol. The molecule has 0 aliphatic carbocycles. The maximum absolute atomic E-state index is 11.6. The fraction of sp³-hybridized carbons (Fsp3) is 0.143. The smallest absolute Gasteiger partial charge is 0.299 e. The van der Waals surface area contributed by atoms with Gasteiger partial charge in [-0.3, -0.25) is 4.72 Å². The van der Waals surface area contributed by atoms with Gasteiger partial charge in [-0.25, -0.2) is 0 Å². The van der Waals surface area contributed by atoms with Crippen molar-refractivity contribution in [3.8, 4) is 0 Å². The molecule has 0 heterocycles. The van der Waals surface area contributed by atoms with Crippen LogP contribution in [0.3, 0.4) is 0 Å². The predicted molar refractivity (Wildman–Crippen MR) is 100 cm³/mol. The summed E-state index contributed by atoms with van der Waals surface area (Å²) in [4.78, 5) is 0. The third-order valence-electron chi connectivity index (χ3n) is 2.68. The number of halogens is 2. The molecule has 0 spiro atoms. The molecule has 0 radical (unpaired) electrons. The Labute approximate surface area is 148 Å². The summed E-state index contributed by atoms with van der Waals surface area (Å²) in [6.45, 7) is 2.05. The molecular formula is C14H15ClIN3O2S. The highest BCUT2D eigenvalue weighted by atomic mass is 127. The van der Waals surface area contributed by atoms with Gasteiger partial charge in [-0.15, -0.1) is 0 Å². The fourth-order valence-electron chi connectivity index (χ4n) is 1.75. The second-order valence-electron chi connectivity index (χ2n) is 4.43. The van der Waals surface area contributed by atoms with Crippen molar-refractivity contribution >= 4 is 61.5 Å². The number of nitrogens with one attached hydrogen (secondary N) is 3. The number of hydrogen-bond donors (Lipinski definition) is 3. The molecule has 0 amide bonds. The molecule has 0 bridgehead atoms. The Kier molecular flexibility index (Phi) is 5.90. The minimum Gasteiger partial charge on any atom is -0.354 e. The lowest BCUT2D eigenvalue weighted by Crippen LogP contribution is -2.29. The van der Waals surface area contributed by atoms with Crippen molar-refractivity contribution in [2.24, 2.45) is 0 Å². The van der Waals surface area contributed by atoms with Gasteiger partial charge in [0, 0.05) is 21.5 Å². The molecule has 0 saturated heterocycles. The predicted octanol–water partition coefficient (Wildman–Crippen LogP) is 3.95. The maximum Gasteiger partial charge on any atom is 0.299 e. The monoisotopic (exact) mass is 451 g/mol. The lowest BCUT2D eigenvalue weighted by Gasteiger charge is -2.11. The Morgan fingerprint density at radius 3 is 2.32 bits per heavy atom. The SMILES string of the molecule is CCNS(=O)(=O)Nc1ccc(Nc2ccc(I)cc2Cl)cc1. The van der Waals surface area contributed by atoms with E-state index in [2.05, 4.69) is 37.4 Å². The Bertz CT molecular complexity index is 751. The summed E-state index contributed by atoms with van der Waals surface area (Å²) in [6, 6.07) is 12.6. The van der Waals surface area contributed by atoms with E-state index in [1.54, 1.807) is 31.2 Å². The first-order valence-corrected chi connectivity index (χ1v) is 9.43. The third-order valence-corrected chi connectivity index (χ3v) is 4.84. The van der Waals surface area contributed by atoms with Crippen LogP contribution in [0.25, 0.3) is 0 Å². The van der Waals surface area contributed by atoms with E-state index in [0.717, 1.165) is 14.9 Å². The fourth-order valence-corrected chi connectivity index (χ4v) is 3.55. The Morgan fingerprint density at radius 1 is 1.09 bits per heavy atom. The van der Waals surface area contributed by atoms with Gasteiger partial charge in [-0.2, -0.15) is 13.1 Å². The van der Waals surface area contributed by atoms with E-state index in [1.165, 1.54) is 0 Å². The highest BCUT2D eigenvalue weighted by molar-refractivity contribution is 14.1. The van der Waals surface area contributed by atoms with Crippen LogP contribution in [0, 0.1) is 3.57 Å². The van der Waals surface area contributed by atoms with Gasteiger partial charge in [-0.1, -0.05) is 18.5 Å². The lowest BCUT2D eigenvalue weighted by atomic mass is 10.2. The van der Waals surface area contributed by atoms with Gasteiger partial charge in [0.2, 0.25) is 0 Å². The standard InChI is InChI=1S/C14H15ClIN3O2S/c1-2-17-22(20,21)19-12-6-4-11(5-7-12)18-14-8-3-10(16)9-13(14)15/h3-9,17-19H,2H2,1H3. The molecule has 0 unspecified atom stereocenters. The molecule has 2 aromatic carbocycles. The zero-order valence-electron chi connectivity index (χ0n) is 11.7. The van der Waals surface area contributed by atoms with E-state index < -0.39 is 10.2 Å². The first-order chi connectivity index (χ1) is 10.4. The van der Waals surface area contributed by atoms with Crippen molar-refractivity contribution in [3.63, 3.8) is 0 Å². The number of hydrogen-bond acceptors (Lipinski definition) is 3. The lowest BCUT2D eigenvalue weighted by molar-refractivity contribution is 0.589. The normalized spacial score (nSPS) is 11.2. The number of rotatable bonds is 6. The van der Waals surface area contributed by atoms with Crippen LogP contribution in [0.2, 0.25) is 5.02 Å². The molecule has 0 fully saturated rings. The summed E-state index contributed by atoms with van der Waals surface area (Å²) in [7, 11) is -3.51. The van der Waals surface area contributed by atoms with Crippen molar-refractivity contribution in [2.45, 2.75) is 6.92 Å². The van der Waals surface area contributed by atoms with Crippen LogP contribution < -0.4 is 14.8 Å². The van der Waals surface area contributed by atoms with Gasteiger partial charge in [-0.05, 0) is 65.1 Å². The van der Waals surface area contributed by atoms with Crippen LogP contribution in [-0.4, -0.2) is 15.0 Å². The van der Waals surface area contributed by atoms with E-state index in [0.29, 0.717) is 17.3 Å². The second-order valence-corrected chi connectivity index (χ2v) is 7.58. The third kappa shape index (κ3) is 5.01.